The van der Waals surface area contributed by atoms with E-state index in [1.54, 1.807) is 0 Å². The highest BCUT2D eigenvalue weighted by Crippen LogP contribution is 2.34. The number of aromatic nitrogens is 2. The van der Waals surface area contributed by atoms with Gasteiger partial charge >= 0.3 is 0 Å². The first kappa shape index (κ1) is 13.7. The maximum atomic E-state index is 6.36. The van der Waals surface area contributed by atoms with E-state index < -0.39 is 0 Å². The minimum Gasteiger partial charge on any atom is -0.312 e. The monoisotopic (exact) mass is 289 g/mol. The molecule has 1 aromatic heterocycles. The van der Waals surface area contributed by atoms with Crippen molar-refractivity contribution in [3.05, 3.63) is 40.5 Å². The van der Waals surface area contributed by atoms with Crippen molar-refractivity contribution in [2.45, 2.75) is 39.3 Å². The highest BCUT2D eigenvalue weighted by Gasteiger charge is 2.27. The Morgan fingerprint density at radius 3 is 2.70 bits per heavy atom. The number of hydrogen-bond acceptors (Lipinski definition) is 2. The minimum atomic E-state index is -0.0130. The summed E-state index contributed by atoms with van der Waals surface area (Å²) in [6.45, 7) is 8.46. The zero-order valence-electron chi connectivity index (χ0n) is 12.2. The van der Waals surface area contributed by atoms with Gasteiger partial charge in [-0.2, -0.15) is 5.10 Å². The molecule has 1 N–H and O–H groups in total. The molecule has 106 valence electrons. The van der Waals surface area contributed by atoms with Gasteiger partial charge in [-0.3, -0.25) is 4.68 Å². The molecule has 0 unspecified atom stereocenters. The number of hydrogen-bond donors (Lipinski definition) is 1. The van der Waals surface area contributed by atoms with E-state index in [1.165, 1.54) is 11.3 Å². The van der Waals surface area contributed by atoms with E-state index in [4.69, 9.17) is 16.7 Å². The molecule has 0 fully saturated rings. The van der Waals surface area contributed by atoms with Gasteiger partial charge in [0.1, 0.15) is 0 Å². The number of nitrogens with zero attached hydrogens (tertiary/aromatic N) is 2. The van der Waals surface area contributed by atoms with Crippen LogP contribution in [0.1, 0.15) is 32.0 Å². The third kappa shape index (κ3) is 2.25. The Bertz CT molecular complexity index is 638. The lowest BCUT2D eigenvalue weighted by atomic mass is 10.0. The highest BCUT2D eigenvalue weighted by atomic mass is 35.5. The van der Waals surface area contributed by atoms with E-state index in [0.717, 1.165) is 35.8 Å². The fourth-order valence-corrected chi connectivity index (χ4v) is 3.00. The van der Waals surface area contributed by atoms with Crippen LogP contribution in [0.5, 0.6) is 0 Å². The van der Waals surface area contributed by atoms with Crippen LogP contribution in [0, 0.1) is 0 Å². The van der Waals surface area contributed by atoms with E-state index >= 15 is 0 Å². The van der Waals surface area contributed by atoms with Crippen molar-refractivity contribution in [3.63, 3.8) is 0 Å². The van der Waals surface area contributed by atoms with Crippen molar-refractivity contribution in [3.8, 4) is 11.3 Å². The lowest BCUT2D eigenvalue weighted by Gasteiger charge is -2.24. The van der Waals surface area contributed by atoms with Gasteiger partial charge in [0.05, 0.1) is 16.3 Å². The van der Waals surface area contributed by atoms with Crippen LogP contribution in [0.4, 0.5) is 0 Å². The Hall–Kier alpha value is -1.32. The third-order valence-electron chi connectivity index (χ3n) is 3.69. The second-order valence-corrected chi connectivity index (χ2v) is 6.67. The summed E-state index contributed by atoms with van der Waals surface area (Å²) in [5.74, 6) is 0. The smallest absolute Gasteiger partial charge is 0.0986 e. The van der Waals surface area contributed by atoms with Crippen LogP contribution in [0.15, 0.2) is 24.3 Å². The van der Waals surface area contributed by atoms with Crippen LogP contribution in [-0.4, -0.2) is 16.3 Å². The predicted octanol–water partition coefficient (Wildman–Crippen LogP) is 3.60. The summed E-state index contributed by atoms with van der Waals surface area (Å²) in [6, 6.07) is 7.94. The summed E-state index contributed by atoms with van der Waals surface area (Å²) in [5.41, 5.74) is 4.66. The molecule has 4 heteroatoms. The van der Waals surface area contributed by atoms with Gasteiger partial charge in [0.25, 0.3) is 0 Å². The zero-order valence-corrected chi connectivity index (χ0v) is 13.0. The molecule has 1 aliphatic rings. The van der Waals surface area contributed by atoms with Gasteiger partial charge < -0.3 is 5.32 Å². The zero-order chi connectivity index (χ0) is 14.3. The Morgan fingerprint density at radius 1 is 1.25 bits per heavy atom. The van der Waals surface area contributed by atoms with Gasteiger partial charge in [-0.25, -0.2) is 0 Å². The summed E-state index contributed by atoms with van der Waals surface area (Å²) in [6.07, 6.45) is 1.02. The summed E-state index contributed by atoms with van der Waals surface area (Å²) >= 11 is 6.36. The first-order chi connectivity index (χ1) is 9.48. The Labute approximate surface area is 124 Å². The van der Waals surface area contributed by atoms with Gasteiger partial charge in [-0.1, -0.05) is 29.8 Å². The molecule has 0 amide bonds. The maximum absolute atomic E-state index is 6.36. The molecular weight excluding hydrogens is 270 g/mol. The van der Waals surface area contributed by atoms with Gasteiger partial charge in [0.15, 0.2) is 0 Å². The molecule has 1 aromatic carbocycles. The molecule has 0 radical (unpaired) electrons. The summed E-state index contributed by atoms with van der Waals surface area (Å²) in [5, 5.41) is 9.09. The number of nitrogens with one attached hydrogen (secondary N) is 1. The molecule has 3 rings (SSSR count). The second kappa shape index (κ2) is 4.90. The first-order valence-corrected chi connectivity index (χ1v) is 7.43. The van der Waals surface area contributed by atoms with Crippen molar-refractivity contribution in [2.24, 2.45) is 0 Å². The number of rotatable bonds is 1. The molecule has 0 saturated heterocycles. The van der Waals surface area contributed by atoms with E-state index in [2.05, 4.69) is 30.8 Å². The van der Waals surface area contributed by atoms with Crippen LogP contribution < -0.4 is 5.32 Å². The van der Waals surface area contributed by atoms with E-state index in [1.807, 2.05) is 24.3 Å². The van der Waals surface area contributed by atoms with Crippen molar-refractivity contribution < 1.29 is 0 Å². The van der Waals surface area contributed by atoms with E-state index in [-0.39, 0.29) is 5.54 Å². The molecule has 0 spiro atoms. The van der Waals surface area contributed by atoms with Gasteiger partial charge in [-0.15, -0.1) is 0 Å². The fraction of sp³-hybridized carbons (Fsp3) is 0.438. The summed E-state index contributed by atoms with van der Waals surface area (Å²) in [4.78, 5) is 0. The SMILES string of the molecule is CC(C)(C)n1nc(-c2ccccc2Cl)c2c1CCNC2. The largest absolute Gasteiger partial charge is 0.312 e. The number of benzene rings is 1. The lowest BCUT2D eigenvalue weighted by Crippen LogP contribution is -2.30. The van der Waals surface area contributed by atoms with Gasteiger partial charge in [0.2, 0.25) is 0 Å². The molecule has 2 heterocycles. The van der Waals surface area contributed by atoms with Crippen LogP contribution in [-0.2, 0) is 18.5 Å². The molecule has 2 aromatic rings. The molecule has 3 nitrogen and oxygen atoms in total. The highest BCUT2D eigenvalue weighted by molar-refractivity contribution is 6.33. The molecule has 0 atom stereocenters. The van der Waals surface area contributed by atoms with Crippen molar-refractivity contribution in [1.29, 1.82) is 0 Å². The first-order valence-electron chi connectivity index (χ1n) is 7.05. The Balaban J connectivity index is 2.22. The van der Waals surface area contributed by atoms with Crippen molar-refractivity contribution >= 4 is 11.6 Å². The summed E-state index contributed by atoms with van der Waals surface area (Å²) < 4.78 is 2.17. The Kier molecular flexibility index (Phi) is 3.35. The average Bonchev–Trinajstić information content (AvgIpc) is 2.79. The topological polar surface area (TPSA) is 29.9 Å². The quantitative estimate of drug-likeness (QED) is 0.869. The number of halogens is 1. The summed E-state index contributed by atoms with van der Waals surface area (Å²) in [7, 11) is 0. The molecule has 1 aliphatic heterocycles. The van der Waals surface area contributed by atoms with E-state index in [0.29, 0.717) is 0 Å². The van der Waals surface area contributed by atoms with Crippen LogP contribution >= 0.6 is 11.6 Å². The predicted molar refractivity (Wildman–Crippen MR) is 83.1 cm³/mol. The van der Waals surface area contributed by atoms with Crippen LogP contribution in [0.2, 0.25) is 5.02 Å². The Morgan fingerprint density at radius 2 is 2.00 bits per heavy atom. The van der Waals surface area contributed by atoms with Crippen LogP contribution in [0.25, 0.3) is 11.3 Å². The molecular formula is C16H20ClN3. The lowest BCUT2D eigenvalue weighted by molar-refractivity contribution is 0.340. The molecule has 0 bridgehead atoms. The normalized spacial score (nSPS) is 15.2. The van der Waals surface area contributed by atoms with Crippen LogP contribution in [0.3, 0.4) is 0 Å². The molecule has 0 saturated carbocycles. The van der Waals surface area contributed by atoms with Crippen molar-refractivity contribution in [1.82, 2.24) is 15.1 Å². The van der Waals surface area contributed by atoms with E-state index in [9.17, 15) is 0 Å². The third-order valence-corrected chi connectivity index (χ3v) is 4.02. The van der Waals surface area contributed by atoms with Crippen molar-refractivity contribution in [2.75, 3.05) is 6.54 Å². The standard InChI is InChI=1S/C16H20ClN3/c1-16(2,3)20-14-8-9-18-10-12(14)15(19-20)11-6-4-5-7-13(11)17/h4-7,18H,8-10H2,1-3H3. The fourth-order valence-electron chi connectivity index (χ4n) is 2.77. The second-order valence-electron chi connectivity index (χ2n) is 6.26. The van der Waals surface area contributed by atoms with Gasteiger partial charge in [-0.05, 0) is 26.8 Å². The molecule has 20 heavy (non-hydrogen) atoms. The maximum Gasteiger partial charge on any atom is 0.0986 e. The number of fused-ring (bicyclic) bond motifs is 1. The van der Waals surface area contributed by atoms with Gasteiger partial charge in [0, 0.05) is 36.3 Å². The average molecular weight is 290 g/mol. The minimum absolute atomic E-state index is 0.0130. The molecule has 0 aliphatic carbocycles.